The Morgan fingerprint density at radius 1 is 1.50 bits per heavy atom. The molecule has 0 bridgehead atoms. The van der Waals surface area contributed by atoms with Crippen LogP contribution in [0.25, 0.3) is 0 Å². The third-order valence-electron chi connectivity index (χ3n) is 5.83. The topological polar surface area (TPSA) is 69.7 Å². The Bertz CT molecular complexity index is 619. The molecule has 5 heteroatoms. The quantitative estimate of drug-likeness (QED) is 0.576. The Kier molecular flexibility index (Phi) is 3.10. The van der Waals surface area contributed by atoms with Crippen molar-refractivity contribution in [1.82, 2.24) is 0 Å². The molecular weight excluding hydrogens is 284 g/mol. The second-order valence-corrected chi connectivity index (χ2v) is 6.69. The van der Waals surface area contributed by atoms with Crippen molar-refractivity contribution in [2.75, 3.05) is 0 Å². The van der Waals surface area contributed by atoms with Gasteiger partial charge in [-0.05, 0) is 32.8 Å². The molecule has 0 radical (unpaired) electrons. The van der Waals surface area contributed by atoms with Crippen molar-refractivity contribution in [2.45, 2.75) is 45.8 Å². The van der Waals surface area contributed by atoms with Gasteiger partial charge in [-0.25, -0.2) is 4.79 Å². The number of allylic oxidation sites excluding steroid dienone is 1. The summed E-state index contributed by atoms with van der Waals surface area (Å²) in [5.41, 5.74) is -1.11. The van der Waals surface area contributed by atoms with Crippen LogP contribution in [-0.4, -0.2) is 29.9 Å². The maximum absolute atomic E-state index is 12.6. The number of carbonyl (C=O) groups excluding carboxylic acids is 3. The molecule has 1 heterocycles. The highest BCUT2D eigenvalue weighted by molar-refractivity contribution is 6.01. The predicted molar refractivity (Wildman–Crippen MR) is 77.7 cm³/mol. The van der Waals surface area contributed by atoms with E-state index in [0.29, 0.717) is 18.4 Å². The van der Waals surface area contributed by atoms with Crippen LogP contribution in [0.2, 0.25) is 0 Å². The van der Waals surface area contributed by atoms with Crippen LogP contribution in [0.4, 0.5) is 0 Å². The van der Waals surface area contributed by atoms with Crippen molar-refractivity contribution >= 4 is 17.7 Å². The Hall–Kier alpha value is -1.91. The van der Waals surface area contributed by atoms with Gasteiger partial charge in [-0.1, -0.05) is 12.7 Å². The summed E-state index contributed by atoms with van der Waals surface area (Å²) >= 11 is 0. The molecule has 5 nitrogen and oxygen atoms in total. The number of rotatable bonds is 2. The van der Waals surface area contributed by atoms with Gasteiger partial charge in [0.05, 0.1) is 5.41 Å². The van der Waals surface area contributed by atoms with Crippen molar-refractivity contribution in [3.8, 4) is 0 Å². The van der Waals surface area contributed by atoms with Gasteiger partial charge >= 0.3 is 11.9 Å². The Morgan fingerprint density at radius 3 is 2.82 bits per heavy atom. The summed E-state index contributed by atoms with van der Waals surface area (Å²) < 4.78 is 10.9. The van der Waals surface area contributed by atoms with E-state index in [9.17, 15) is 14.4 Å². The van der Waals surface area contributed by atoms with E-state index >= 15 is 0 Å². The van der Waals surface area contributed by atoms with E-state index in [0.717, 1.165) is 0 Å². The smallest absolute Gasteiger partial charge is 0.334 e. The number of ether oxygens (including phenoxy) is 2. The summed E-state index contributed by atoms with van der Waals surface area (Å²) in [5, 5.41) is 0. The molecule has 5 atom stereocenters. The lowest BCUT2D eigenvalue weighted by molar-refractivity contribution is -0.180. The zero-order valence-corrected chi connectivity index (χ0v) is 13.0. The van der Waals surface area contributed by atoms with Gasteiger partial charge < -0.3 is 9.47 Å². The number of hydrogen-bond donors (Lipinski definition) is 0. The minimum Gasteiger partial charge on any atom is -0.462 e. The highest BCUT2D eigenvalue weighted by Crippen LogP contribution is 2.62. The van der Waals surface area contributed by atoms with Crippen molar-refractivity contribution in [3.05, 3.63) is 24.3 Å². The molecule has 1 saturated carbocycles. The summed E-state index contributed by atoms with van der Waals surface area (Å²) in [7, 11) is 0. The summed E-state index contributed by atoms with van der Waals surface area (Å²) in [4.78, 5) is 35.9. The fraction of sp³-hybridized carbons (Fsp3) is 0.588. The third kappa shape index (κ3) is 1.62. The van der Waals surface area contributed by atoms with Gasteiger partial charge in [-0.3, -0.25) is 9.59 Å². The predicted octanol–water partition coefficient (Wildman–Crippen LogP) is 1.96. The molecule has 1 aliphatic heterocycles. The molecule has 0 amide bonds. The summed E-state index contributed by atoms with van der Waals surface area (Å²) in [6.45, 7) is 8.79. The number of esters is 2. The van der Waals surface area contributed by atoms with Crippen LogP contribution in [0.1, 0.15) is 33.6 Å². The third-order valence-corrected chi connectivity index (χ3v) is 5.83. The zero-order valence-electron chi connectivity index (χ0n) is 13.0. The molecule has 118 valence electrons. The molecule has 1 unspecified atom stereocenters. The zero-order chi connectivity index (χ0) is 16.3. The first-order valence-electron chi connectivity index (χ1n) is 7.54. The molecule has 2 fully saturated rings. The first-order valence-corrected chi connectivity index (χ1v) is 7.54. The lowest BCUT2D eigenvalue weighted by Gasteiger charge is -2.52. The second kappa shape index (κ2) is 4.54. The maximum atomic E-state index is 12.6. The number of hydrogen-bond acceptors (Lipinski definition) is 5. The van der Waals surface area contributed by atoms with E-state index < -0.39 is 29.0 Å². The van der Waals surface area contributed by atoms with Crippen LogP contribution in [0.5, 0.6) is 0 Å². The highest BCUT2D eigenvalue weighted by atomic mass is 16.6. The lowest BCUT2D eigenvalue weighted by atomic mass is 9.52. The van der Waals surface area contributed by atoms with E-state index in [4.69, 9.17) is 9.47 Å². The fourth-order valence-electron chi connectivity index (χ4n) is 4.51. The Balaban J connectivity index is 2.06. The second-order valence-electron chi connectivity index (χ2n) is 6.69. The monoisotopic (exact) mass is 304 g/mol. The molecule has 0 aromatic carbocycles. The summed E-state index contributed by atoms with van der Waals surface area (Å²) in [5.74, 6) is -1.03. The van der Waals surface area contributed by atoms with Gasteiger partial charge in [0, 0.05) is 23.8 Å². The standard InChI is InChI=1S/C17H20O5/c1-9-12-5-7-17(10(2)21-11(3)18)8-6-13(19)16(17,4)14(12)22-15(9)20/h6,8,10,12,14H,1,5,7H2,2-4H3/t10?,12-,14+,16-,17-/m0/s1. The van der Waals surface area contributed by atoms with Crippen molar-refractivity contribution in [1.29, 1.82) is 0 Å². The van der Waals surface area contributed by atoms with Crippen LogP contribution in [0, 0.1) is 16.7 Å². The van der Waals surface area contributed by atoms with E-state index in [1.54, 1.807) is 6.92 Å². The fourth-order valence-corrected chi connectivity index (χ4v) is 4.51. The molecule has 3 rings (SSSR count). The number of carbonyl (C=O) groups is 3. The molecule has 0 spiro atoms. The first kappa shape index (κ1) is 15.0. The maximum Gasteiger partial charge on any atom is 0.334 e. The van der Waals surface area contributed by atoms with Crippen molar-refractivity contribution < 1.29 is 23.9 Å². The van der Waals surface area contributed by atoms with Crippen LogP contribution >= 0.6 is 0 Å². The van der Waals surface area contributed by atoms with Gasteiger partial charge in [0.1, 0.15) is 12.2 Å². The SMILES string of the molecule is C=C1C(=O)O[C@@H]2[C@H]1CC[C@@]1(C(C)OC(C)=O)C=CC(=O)[C@@]21C. The molecular formula is C17H20O5. The highest BCUT2D eigenvalue weighted by Gasteiger charge is 2.68. The first-order chi connectivity index (χ1) is 10.2. The van der Waals surface area contributed by atoms with Gasteiger partial charge in [-0.2, -0.15) is 0 Å². The number of ketones is 1. The molecule has 0 aromatic rings. The molecule has 22 heavy (non-hydrogen) atoms. The molecule has 1 saturated heterocycles. The van der Waals surface area contributed by atoms with Crippen molar-refractivity contribution in [3.63, 3.8) is 0 Å². The van der Waals surface area contributed by atoms with Crippen LogP contribution in [0.15, 0.2) is 24.3 Å². The van der Waals surface area contributed by atoms with Gasteiger partial charge in [0.2, 0.25) is 0 Å². The van der Waals surface area contributed by atoms with Gasteiger partial charge in [0.25, 0.3) is 0 Å². The largest absolute Gasteiger partial charge is 0.462 e. The van der Waals surface area contributed by atoms with Crippen LogP contribution < -0.4 is 0 Å². The van der Waals surface area contributed by atoms with E-state index in [-0.39, 0.29) is 17.7 Å². The molecule has 2 aliphatic carbocycles. The summed E-state index contributed by atoms with van der Waals surface area (Å²) in [6, 6.07) is 0. The number of fused-ring (bicyclic) bond motifs is 3. The molecule has 0 aromatic heterocycles. The van der Waals surface area contributed by atoms with E-state index in [1.165, 1.54) is 13.0 Å². The van der Waals surface area contributed by atoms with E-state index in [2.05, 4.69) is 6.58 Å². The average molecular weight is 304 g/mol. The molecule has 3 aliphatic rings. The average Bonchev–Trinajstić information content (AvgIpc) is 2.88. The minimum atomic E-state index is -0.917. The van der Waals surface area contributed by atoms with Crippen LogP contribution in [-0.2, 0) is 23.9 Å². The normalized spacial score (nSPS) is 41.0. The lowest BCUT2D eigenvalue weighted by Crippen LogP contribution is -2.59. The van der Waals surface area contributed by atoms with Crippen LogP contribution in [0.3, 0.4) is 0 Å². The van der Waals surface area contributed by atoms with Crippen molar-refractivity contribution in [2.24, 2.45) is 16.7 Å². The van der Waals surface area contributed by atoms with E-state index in [1.807, 2.05) is 13.0 Å². The minimum absolute atomic E-state index is 0.0799. The summed E-state index contributed by atoms with van der Waals surface area (Å²) in [6.07, 6.45) is 3.71. The van der Waals surface area contributed by atoms with Gasteiger partial charge in [-0.15, -0.1) is 0 Å². The Morgan fingerprint density at radius 2 is 2.18 bits per heavy atom. The van der Waals surface area contributed by atoms with Gasteiger partial charge in [0.15, 0.2) is 5.78 Å². The Labute approximate surface area is 129 Å². The molecule has 0 N–H and O–H groups in total.